The molecule has 5 heteroatoms. The first-order chi connectivity index (χ1) is 9.06. The average Bonchev–Trinajstić information content (AvgIpc) is 2.34. The van der Waals surface area contributed by atoms with Crippen LogP contribution in [0.5, 0.6) is 5.75 Å². The lowest BCUT2D eigenvalue weighted by molar-refractivity contribution is 0.317. The van der Waals surface area contributed by atoms with Gasteiger partial charge in [0.1, 0.15) is 5.75 Å². The molecule has 0 aliphatic rings. The summed E-state index contributed by atoms with van der Waals surface area (Å²) in [7, 11) is 0. The molecule has 0 unspecified atom stereocenters. The SMILES string of the molecule is Nc1ccc(CCOc2c(I)cc(I)cc2I)cc1. The highest BCUT2D eigenvalue weighted by atomic mass is 127. The standard InChI is InChI=1S/C14H12I3NO/c15-10-7-12(16)14(13(17)8-10)19-6-5-9-1-3-11(18)4-2-9/h1-4,7-8H,5-6,18H2. The van der Waals surface area contributed by atoms with E-state index in [-0.39, 0.29) is 0 Å². The van der Waals surface area contributed by atoms with Crippen molar-refractivity contribution in [2.45, 2.75) is 6.42 Å². The van der Waals surface area contributed by atoms with E-state index in [9.17, 15) is 0 Å². The molecule has 0 aromatic heterocycles. The Bertz CT molecular complexity index is 546. The van der Waals surface area contributed by atoms with Crippen molar-refractivity contribution >= 4 is 73.5 Å². The van der Waals surface area contributed by atoms with Crippen LogP contribution in [0.2, 0.25) is 0 Å². The maximum Gasteiger partial charge on any atom is 0.146 e. The first-order valence-electron chi connectivity index (χ1n) is 5.68. The van der Waals surface area contributed by atoms with Crippen molar-refractivity contribution in [3.05, 3.63) is 52.7 Å². The van der Waals surface area contributed by atoms with Crippen molar-refractivity contribution in [2.24, 2.45) is 0 Å². The first kappa shape index (κ1) is 15.6. The van der Waals surface area contributed by atoms with Crippen molar-refractivity contribution in [1.29, 1.82) is 0 Å². The van der Waals surface area contributed by atoms with E-state index >= 15 is 0 Å². The van der Waals surface area contributed by atoms with E-state index in [1.807, 2.05) is 24.3 Å². The van der Waals surface area contributed by atoms with Crippen LogP contribution in [0.15, 0.2) is 36.4 Å². The van der Waals surface area contributed by atoms with Crippen molar-refractivity contribution in [3.63, 3.8) is 0 Å². The lowest BCUT2D eigenvalue weighted by atomic mass is 10.1. The number of hydrogen-bond acceptors (Lipinski definition) is 2. The molecule has 2 N–H and O–H groups in total. The Morgan fingerprint density at radius 3 is 2.11 bits per heavy atom. The van der Waals surface area contributed by atoms with E-state index < -0.39 is 0 Å². The monoisotopic (exact) mass is 591 g/mol. The number of hydrogen-bond donors (Lipinski definition) is 1. The minimum absolute atomic E-state index is 0.677. The first-order valence-corrected chi connectivity index (χ1v) is 8.91. The van der Waals surface area contributed by atoms with Crippen molar-refractivity contribution in [3.8, 4) is 5.75 Å². The second-order valence-electron chi connectivity index (χ2n) is 4.04. The number of nitrogen functional groups attached to an aromatic ring is 1. The predicted octanol–water partition coefficient (Wildman–Crippen LogP) is 4.70. The van der Waals surface area contributed by atoms with Crippen LogP contribution in [0.3, 0.4) is 0 Å². The smallest absolute Gasteiger partial charge is 0.146 e. The second kappa shape index (κ2) is 7.30. The molecule has 19 heavy (non-hydrogen) atoms. The summed E-state index contributed by atoms with van der Waals surface area (Å²) in [5.41, 5.74) is 7.70. The molecule has 0 aliphatic heterocycles. The van der Waals surface area contributed by atoms with Crippen LogP contribution in [-0.4, -0.2) is 6.61 Å². The number of halogens is 3. The maximum atomic E-state index is 5.91. The fourth-order valence-electron chi connectivity index (χ4n) is 1.62. The van der Waals surface area contributed by atoms with E-state index in [0.29, 0.717) is 6.61 Å². The number of rotatable bonds is 4. The van der Waals surface area contributed by atoms with Gasteiger partial charge in [-0.1, -0.05) is 12.1 Å². The number of ether oxygens (including phenoxy) is 1. The van der Waals surface area contributed by atoms with Gasteiger partial charge in [-0.25, -0.2) is 0 Å². The summed E-state index contributed by atoms with van der Waals surface area (Å²) in [6.45, 7) is 0.677. The van der Waals surface area contributed by atoms with Gasteiger partial charge in [-0.2, -0.15) is 0 Å². The van der Waals surface area contributed by atoms with E-state index in [1.54, 1.807) is 0 Å². The Hall–Kier alpha value is 0.230. The molecule has 100 valence electrons. The summed E-state index contributed by atoms with van der Waals surface area (Å²) < 4.78 is 9.46. The molecule has 2 aromatic carbocycles. The molecule has 0 saturated carbocycles. The molecule has 0 saturated heterocycles. The van der Waals surface area contributed by atoms with E-state index in [4.69, 9.17) is 10.5 Å². The van der Waals surface area contributed by atoms with E-state index in [2.05, 4.69) is 79.9 Å². The zero-order valence-electron chi connectivity index (χ0n) is 10.00. The molecular weight excluding hydrogens is 579 g/mol. The third kappa shape index (κ3) is 4.62. The molecule has 0 amide bonds. The summed E-state index contributed by atoms with van der Waals surface area (Å²) in [5, 5.41) is 0. The molecule has 0 heterocycles. The van der Waals surface area contributed by atoms with Gasteiger partial charge in [0.15, 0.2) is 0 Å². The Morgan fingerprint density at radius 2 is 1.53 bits per heavy atom. The molecule has 0 aliphatic carbocycles. The summed E-state index contributed by atoms with van der Waals surface area (Å²) in [6.07, 6.45) is 0.887. The fourth-order valence-corrected chi connectivity index (χ4v) is 5.52. The largest absolute Gasteiger partial charge is 0.491 e. The predicted molar refractivity (Wildman–Crippen MR) is 105 cm³/mol. The summed E-state index contributed by atoms with van der Waals surface area (Å²) in [4.78, 5) is 0. The molecule has 0 spiro atoms. The Balaban J connectivity index is 1.98. The van der Waals surface area contributed by atoms with Gasteiger partial charge >= 0.3 is 0 Å². The second-order valence-corrected chi connectivity index (χ2v) is 7.61. The normalized spacial score (nSPS) is 10.5. The number of nitrogens with two attached hydrogens (primary N) is 1. The van der Waals surface area contributed by atoms with Gasteiger partial charge in [0.05, 0.1) is 13.7 Å². The molecule has 0 radical (unpaired) electrons. The molecular formula is C14H12I3NO. The molecule has 2 aromatic rings. The van der Waals surface area contributed by atoms with E-state index in [1.165, 1.54) is 9.13 Å². The Morgan fingerprint density at radius 1 is 0.947 bits per heavy atom. The summed E-state index contributed by atoms with van der Waals surface area (Å²) in [5.74, 6) is 0.983. The van der Waals surface area contributed by atoms with Crippen LogP contribution in [-0.2, 0) is 6.42 Å². The summed E-state index contributed by atoms with van der Waals surface area (Å²) in [6, 6.07) is 12.2. The minimum atomic E-state index is 0.677. The minimum Gasteiger partial charge on any atom is -0.491 e. The molecule has 0 bridgehead atoms. The highest BCUT2D eigenvalue weighted by Gasteiger charge is 2.07. The topological polar surface area (TPSA) is 35.2 Å². The van der Waals surface area contributed by atoms with Gasteiger partial charge in [0, 0.05) is 15.7 Å². The van der Waals surface area contributed by atoms with Crippen molar-refractivity contribution in [2.75, 3.05) is 12.3 Å². The summed E-state index contributed by atoms with van der Waals surface area (Å²) >= 11 is 6.96. The van der Waals surface area contributed by atoms with Crippen LogP contribution in [0.1, 0.15) is 5.56 Å². The highest BCUT2D eigenvalue weighted by Crippen LogP contribution is 2.29. The van der Waals surface area contributed by atoms with Gasteiger partial charge in [-0.15, -0.1) is 0 Å². The third-order valence-corrected chi connectivity index (χ3v) is 4.81. The van der Waals surface area contributed by atoms with Crippen LogP contribution in [0.25, 0.3) is 0 Å². The van der Waals surface area contributed by atoms with Gasteiger partial charge in [-0.3, -0.25) is 0 Å². The average molecular weight is 591 g/mol. The van der Waals surface area contributed by atoms with Crippen LogP contribution >= 0.6 is 67.8 Å². The lowest BCUT2D eigenvalue weighted by Gasteiger charge is -2.11. The lowest BCUT2D eigenvalue weighted by Crippen LogP contribution is -2.04. The Kier molecular flexibility index (Phi) is 6.00. The van der Waals surface area contributed by atoms with Gasteiger partial charge < -0.3 is 10.5 Å². The molecule has 2 nitrogen and oxygen atoms in total. The Labute approximate surface area is 153 Å². The van der Waals surface area contributed by atoms with E-state index in [0.717, 1.165) is 25.0 Å². The van der Waals surface area contributed by atoms with Gasteiger partial charge in [-0.05, 0) is 97.6 Å². The van der Waals surface area contributed by atoms with Crippen LogP contribution in [0, 0.1) is 10.7 Å². The quantitative estimate of drug-likeness (QED) is 0.414. The van der Waals surface area contributed by atoms with Gasteiger partial charge in [0.2, 0.25) is 0 Å². The number of benzene rings is 2. The zero-order chi connectivity index (χ0) is 13.8. The molecule has 0 atom stereocenters. The van der Waals surface area contributed by atoms with Crippen LogP contribution in [0.4, 0.5) is 5.69 Å². The highest BCUT2D eigenvalue weighted by molar-refractivity contribution is 14.1. The maximum absolute atomic E-state index is 5.91. The third-order valence-electron chi connectivity index (χ3n) is 2.58. The molecule has 2 rings (SSSR count). The fraction of sp³-hybridized carbons (Fsp3) is 0.143. The van der Waals surface area contributed by atoms with Crippen molar-refractivity contribution < 1.29 is 4.74 Å². The molecule has 0 fully saturated rings. The van der Waals surface area contributed by atoms with Crippen molar-refractivity contribution in [1.82, 2.24) is 0 Å². The van der Waals surface area contributed by atoms with Gasteiger partial charge in [0.25, 0.3) is 0 Å². The zero-order valence-corrected chi connectivity index (χ0v) is 16.5. The van der Waals surface area contributed by atoms with Crippen LogP contribution < -0.4 is 10.5 Å². The number of anilines is 1.